The van der Waals surface area contributed by atoms with Crippen LogP contribution in [-0.2, 0) is 14.3 Å². The molecule has 0 aromatic heterocycles. The molecule has 0 bridgehead atoms. The summed E-state index contributed by atoms with van der Waals surface area (Å²) >= 11 is 6.06. The molecule has 5 nitrogen and oxygen atoms in total. The van der Waals surface area contributed by atoms with Crippen LogP contribution in [0.3, 0.4) is 0 Å². The minimum absolute atomic E-state index is 0.0353. The number of esters is 1. The Hall–Kier alpha value is -1.75. The topological polar surface area (TPSA) is 49.9 Å². The summed E-state index contributed by atoms with van der Waals surface area (Å²) in [5, 5.41) is 0.722. The molecule has 124 valence electrons. The molecule has 0 unspecified atom stereocenters. The maximum atomic E-state index is 12.5. The summed E-state index contributed by atoms with van der Waals surface area (Å²) in [4.78, 5) is 27.8. The Morgan fingerprint density at radius 1 is 1.39 bits per heavy atom. The van der Waals surface area contributed by atoms with Crippen molar-refractivity contribution in [1.29, 1.82) is 0 Å². The molecule has 1 amide bonds. The Morgan fingerprint density at radius 2 is 2.22 bits per heavy atom. The van der Waals surface area contributed by atoms with E-state index in [0.29, 0.717) is 26.0 Å². The first-order valence-corrected chi connectivity index (χ1v) is 8.36. The lowest BCUT2D eigenvalue weighted by atomic mass is 10.0. The first-order chi connectivity index (χ1) is 11.0. The molecule has 0 radical (unpaired) electrons. The van der Waals surface area contributed by atoms with Gasteiger partial charge in [0.15, 0.2) is 0 Å². The minimum Gasteiger partial charge on any atom is -0.465 e. The van der Waals surface area contributed by atoms with Crippen molar-refractivity contribution >= 4 is 29.2 Å². The molecule has 0 saturated carbocycles. The standard InChI is InChI=1S/C17H21ClN2O3/c1-12-10-19(15-4-2-3-14(18)9-15)5-6-20(12)16(21)7-13-8-17(22)23-11-13/h2-4,9,12-13H,5-8,10-11H2,1H3/t12-,13-/m1/s1. The number of carbonyl (C=O) groups excluding carboxylic acids is 2. The van der Waals surface area contributed by atoms with Crippen LogP contribution in [0.2, 0.25) is 5.02 Å². The number of hydrogen-bond acceptors (Lipinski definition) is 4. The molecule has 6 heteroatoms. The molecule has 2 aliphatic rings. The van der Waals surface area contributed by atoms with E-state index in [-0.39, 0.29) is 23.8 Å². The molecular weight excluding hydrogens is 316 g/mol. The van der Waals surface area contributed by atoms with Gasteiger partial charge in [0.1, 0.15) is 0 Å². The average molecular weight is 337 g/mol. The Kier molecular flexibility index (Phi) is 4.76. The van der Waals surface area contributed by atoms with E-state index >= 15 is 0 Å². The predicted molar refractivity (Wildman–Crippen MR) is 88.5 cm³/mol. The number of hydrogen-bond donors (Lipinski definition) is 0. The van der Waals surface area contributed by atoms with E-state index in [2.05, 4.69) is 11.8 Å². The summed E-state index contributed by atoms with van der Waals surface area (Å²) < 4.78 is 4.94. The molecule has 2 atom stereocenters. The smallest absolute Gasteiger partial charge is 0.306 e. The number of ether oxygens (including phenoxy) is 1. The van der Waals surface area contributed by atoms with Gasteiger partial charge in [0.2, 0.25) is 5.91 Å². The van der Waals surface area contributed by atoms with Crippen LogP contribution in [0.25, 0.3) is 0 Å². The van der Waals surface area contributed by atoms with Crippen LogP contribution in [0, 0.1) is 5.92 Å². The molecular formula is C17H21ClN2O3. The van der Waals surface area contributed by atoms with Crippen LogP contribution in [0.5, 0.6) is 0 Å². The SMILES string of the molecule is C[C@@H]1CN(c2cccc(Cl)c2)CCN1C(=O)C[C@H]1COC(=O)C1. The van der Waals surface area contributed by atoms with Crippen molar-refractivity contribution in [2.75, 3.05) is 31.1 Å². The van der Waals surface area contributed by atoms with E-state index in [1.54, 1.807) is 0 Å². The normalized spacial score (nSPS) is 24.7. The van der Waals surface area contributed by atoms with Gasteiger partial charge in [-0.15, -0.1) is 0 Å². The summed E-state index contributed by atoms with van der Waals surface area (Å²) in [7, 11) is 0. The minimum atomic E-state index is -0.193. The predicted octanol–water partition coefficient (Wildman–Crippen LogP) is 2.33. The maximum Gasteiger partial charge on any atom is 0.306 e. The molecule has 1 aromatic rings. The molecule has 3 rings (SSSR count). The molecule has 2 saturated heterocycles. The first-order valence-electron chi connectivity index (χ1n) is 7.98. The average Bonchev–Trinajstić information content (AvgIpc) is 2.92. The van der Waals surface area contributed by atoms with Crippen molar-refractivity contribution in [2.24, 2.45) is 5.92 Å². The van der Waals surface area contributed by atoms with Gasteiger partial charge in [-0.05, 0) is 25.1 Å². The van der Waals surface area contributed by atoms with Crippen LogP contribution in [0.4, 0.5) is 5.69 Å². The first kappa shape index (κ1) is 16.1. The van der Waals surface area contributed by atoms with Crippen molar-refractivity contribution in [3.05, 3.63) is 29.3 Å². The Bertz CT molecular complexity index is 607. The van der Waals surface area contributed by atoms with Gasteiger partial charge in [0.25, 0.3) is 0 Å². The lowest BCUT2D eigenvalue weighted by Crippen LogP contribution is -2.54. The highest BCUT2D eigenvalue weighted by atomic mass is 35.5. The second kappa shape index (κ2) is 6.79. The fraction of sp³-hybridized carbons (Fsp3) is 0.529. The number of halogens is 1. The molecule has 0 N–H and O–H groups in total. The summed E-state index contributed by atoms with van der Waals surface area (Å²) in [6.45, 7) is 4.70. The van der Waals surface area contributed by atoms with Crippen molar-refractivity contribution in [1.82, 2.24) is 4.90 Å². The number of piperazine rings is 1. The molecule has 0 spiro atoms. The van der Waals surface area contributed by atoms with Gasteiger partial charge < -0.3 is 14.5 Å². The van der Waals surface area contributed by atoms with Gasteiger partial charge in [0.05, 0.1) is 13.0 Å². The molecule has 1 aromatic carbocycles. The Balaban J connectivity index is 1.58. The lowest BCUT2D eigenvalue weighted by Gasteiger charge is -2.41. The van der Waals surface area contributed by atoms with Crippen molar-refractivity contribution in [2.45, 2.75) is 25.8 Å². The third-order valence-electron chi connectivity index (χ3n) is 4.52. The zero-order valence-corrected chi connectivity index (χ0v) is 14.0. The van der Waals surface area contributed by atoms with Crippen LogP contribution in [0.15, 0.2) is 24.3 Å². The Labute approximate surface area is 141 Å². The number of nitrogens with zero attached hydrogens (tertiary/aromatic N) is 2. The largest absolute Gasteiger partial charge is 0.465 e. The monoisotopic (exact) mass is 336 g/mol. The molecule has 0 aliphatic carbocycles. The third kappa shape index (κ3) is 3.78. The van der Waals surface area contributed by atoms with E-state index in [1.165, 1.54) is 0 Å². The van der Waals surface area contributed by atoms with Crippen molar-refractivity contribution in [3.63, 3.8) is 0 Å². The second-order valence-electron chi connectivity index (χ2n) is 6.32. The van der Waals surface area contributed by atoms with E-state index in [9.17, 15) is 9.59 Å². The van der Waals surface area contributed by atoms with Gasteiger partial charge in [-0.25, -0.2) is 0 Å². The van der Waals surface area contributed by atoms with Gasteiger partial charge in [-0.2, -0.15) is 0 Å². The van der Waals surface area contributed by atoms with E-state index < -0.39 is 0 Å². The van der Waals surface area contributed by atoms with Crippen molar-refractivity contribution < 1.29 is 14.3 Å². The fourth-order valence-corrected chi connectivity index (χ4v) is 3.48. The number of carbonyl (C=O) groups is 2. The lowest BCUT2D eigenvalue weighted by molar-refractivity contribution is -0.138. The molecule has 2 heterocycles. The second-order valence-corrected chi connectivity index (χ2v) is 6.76. The third-order valence-corrected chi connectivity index (χ3v) is 4.75. The summed E-state index contributed by atoms with van der Waals surface area (Å²) in [5.74, 6) is -0.0404. The number of benzene rings is 1. The molecule has 23 heavy (non-hydrogen) atoms. The highest BCUT2D eigenvalue weighted by Crippen LogP contribution is 2.24. The quantitative estimate of drug-likeness (QED) is 0.795. The molecule has 2 aliphatic heterocycles. The van der Waals surface area contributed by atoms with Gasteiger partial charge in [0, 0.05) is 48.7 Å². The zero-order chi connectivity index (χ0) is 16.4. The number of rotatable bonds is 3. The van der Waals surface area contributed by atoms with Crippen LogP contribution >= 0.6 is 11.6 Å². The van der Waals surface area contributed by atoms with Crippen LogP contribution < -0.4 is 4.90 Å². The highest BCUT2D eigenvalue weighted by Gasteiger charge is 2.32. The maximum absolute atomic E-state index is 12.5. The number of cyclic esters (lactones) is 1. The van der Waals surface area contributed by atoms with Crippen LogP contribution in [-0.4, -0.2) is 49.1 Å². The van der Waals surface area contributed by atoms with Crippen LogP contribution in [0.1, 0.15) is 19.8 Å². The Morgan fingerprint density at radius 3 is 2.87 bits per heavy atom. The van der Waals surface area contributed by atoms with Gasteiger partial charge in [-0.3, -0.25) is 9.59 Å². The summed E-state index contributed by atoms with van der Waals surface area (Å²) in [5.41, 5.74) is 1.09. The summed E-state index contributed by atoms with van der Waals surface area (Å²) in [6, 6.07) is 7.93. The fourth-order valence-electron chi connectivity index (χ4n) is 3.30. The van der Waals surface area contributed by atoms with Gasteiger partial charge in [-0.1, -0.05) is 17.7 Å². The summed E-state index contributed by atoms with van der Waals surface area (Å²) in [6.07, 6.45) is 0.760. The van der Waals surface area contributed by atoms with E-state index in [0.717, 1.165) is 23.8 Å². The number of anilines is 1. The van der Waals surface area contributed by atoms with Crippen molar-refractivity contribution in [3.8, 4) is 0 Å². The highest BCUT2D eigenvalue weighted by molar-refractivity contribution is 6.30. The zero-order valence-electron chi connectivity index (χ0n) is 13.2. The van der Waals surface area contributed by atoms with Gasteiger partial charge >= 0.3 is 5.97 Å². The number of amides is 1. The molecule has 2 fully saturated rings. The van der Waals surface area contributed by atoms with E-state index in [4.69, 9.17) is 16.3 Å². The van der Waals surface area contributed by atoms with E-state index in [1.807, 2.05) is 29.2 Å².